The van der Waals surface area contributed by atoms with Crippen LogP contribution in [0.3, 0.4) is 0 Å². The Labute approximate surface area is 180 Å². The maximum atomic E-state index is 13.1. The minimum atomic E-state index is -3.80. The minimum Gasteiger partial charge on any atom is -0.363 e. The van der Waals surface area contributed by atoms with E-state index >= 15 is 0 Å². The second-order valence-electron chi connectivity index (χ2n) is 7.60. The summed E-state index contributed by atoms with van der Waals surface area (Å²) in [6, 6.07) is 22.4. The first-order chi connectivity index (χ1) is 15.0. The van der Waals surface area contributed by atoms with Gasteiger partial charge < -0.3 is 5.32 Å². The Balaban J connectivity index is 1.36. The zero-order valence-electron chi connectivity index (χ0n) is 16.5. The Bertz CT molecular complexity index is 1370. The third-order valence-electron chi connectivity index (χ3n) is 5.52. The fourth-order valence-corrected chi connectivity index (χ4v) is 5.03. The van der Waals surface area contributed by atoms with Crippen LogP contribution in [0.2, 0.25) is 0 Å². The lowest BCUT2D eigenvalue weighted by Crippen LogP contribution is -2.13. The molecule has 31 heavy (non-hydrogen) atoms. The highest BCUT2D eigenvalue weighted by Gasteiger charge is 2.22. The molecule has 0 radical (unpaired) electrons. The Kier molecular flexibility index (Phi) is 4.82. The van der Waals surface area contributed by atoms with E-state index in [2.05, 4.69) is 39.3 Å². The van der Waals surface area contributed by atoms with Gasteiger partial charge in [-0.05, 0) is 78.6 Å². The minimum absolute atomic E-state index is 0.00325. The smallest absolute Gasteiger partial charge is 0.261 e. The second-order valence-corrected chi connectivity index (χ2v) is 9.28. The molecular formula is C24H20FN3O2S. The molecular weight excluding hydrogens is 413 g/mol. The molecule has 2 N–H and O–H groups in total. The average molecular weight is 434 g/mol. The summed E-state index contributed by atoms with van der Waals surface area (Å²) < 4.78 is 40.7. The number of pyridine rings is 1. The van der Waals surface area contributed by atoms with Crippen molar-refractivity contribution >= 4 is 32.4 Å². The molecule has 156 valence electrons. The van der Waals surface area contributed by atoms with E-state index in [1.165, 1.54) is 23.3 Å². The summed E-state index contributed by atoms with van der Waals surface area (Å²) in [4.78, 5) is 4.69. The van der Waals surface area contributed by atoms with Crippen molar-refractivity contribution < 1.29 is 12.8 Å². The number of sulfonamides is 1. The van der Waals surface area contributed by atoms with E-state index in [4.69, 9.17) is 0 Å². The van der Waals surface area contributed by atoms with Crippen LogP contribution >= 0.6 is 0 Å². The van der Waals surface area contributed by atoms with Crippen LogP contribution in [-0.4, -0.2) is 13.4 Å². The number of halogens is 1. The Morgan fingerprint density at radius 2 is 1.74 bits per heavy atom. The van der Waals surface area contributed by atoms with Gasteiger partial charge in [-0.1, -0.05) is 24.3 Å². The molecule has 1 atom stereocenters. The van der Waals surface area contributed by atoms with E-state index < -0.39 is 15.8 Å². The van der Waals surface area contributed by atoms with Gasteiger partial charge in [-0.25, -0.2) is 17.8 Å². The van der Waals surface area contributed by atoms with Gasteiger partial charge in [-0.3, -0.25) is 4.72 Å². The number of hydrogen-bond acceptors (Lipinski definition) is 4. The van der Waals surface area contributed by atoms with E-state index in [0.717, 1.165) is 41.7 Å². The number of rotatable bonds is 5. The van der Waals surface area contributed by atoms with Crippen molar-refractivity contribution in [3.8, 4) is 0 Å². The number of nitrogens with zero attached hydrogens (tertiary/aromatic N) is 1. The Hall–Kier alpha value is -3.45. The van der Waals surface area contributed by atoms with Crippen molar-refractivity contribution in [1.29, 1.82) is 0 Å². The zero-order valence-corrected chi connectivity index (χ0v) is 17.4. The lowest BCUT2D eigenvalue weighted by Gasteiger charge is -2.15. The van der Waals surface area contributed by atoms with Gasteiger partial charge in [0.05, 0.1) is 16.5 Å². The number of fused-ring (bicyclic) bond motifs is 2. The lowest BCUT2D eigenvalue weighted by molar-refractivity contribution is 0.599. The van der Waals surface area contributed by atoms with Gasteiger partial charge in [-0.2, -0.15) is 0 Å². The molecule has 5 rings (SSSR count). The molecule has 5 nitrogen and oxygen atoms in total. The van der Waals surface area contributed by atoms with Crippen LogP contribution in [0.4, 0.5) is 15.9 Å². The molecule has 1 aliphatic rings. The van der Waals surface area contributed by atoms with Gasteiger partial charge in [-0.15, -0.1) is 0 Å². The van der Waals surface area contributed by atoms with Crippen molar-refractivity contribution in [2.75, 3.05) is 10.0 Å². The molecule has 0 bridgehead atoms. The standard InChI is InChI=1S/C24H20FN3O2S/c25-18-7-10-20(11-8-18)31(29,30)28-19-9-13-22-17(15-19)6-14-24(26-22)27-23-12-5-16-3-1-2-4-21(16)23/h1-4,6-11,13-15,23,28H,5,12H2,(H,26,27). The van der Waals surface area contributed by atoms with E-state index in [-0.39, 0.29) is 10.9 Å². The predicted octanol–water partition coefficient (Wildman–Crippen LogP) is 5.27. The van der Waals surface area contributed by atoms with Crippen molar-refractivity contribution in [3.05, 3.63) is 95.8 Å². The van der Waals surface area contributed by atoms with Gasteiger partial charge in [0.1, 0.15) is 11.6 Å². The number of hydrogen-bond donors (Lipinski definition) is 2. The molecule has 0 spiro atoms. The monoisotopic (exact) mass is 433 g/mol. The van der Waals surface area contributed by atoms with Gasteiger partial charge in [0.25, 0.3) is 10.0 Å². The third-order valence-corrected chi connectivity index (χ3v) is 6.92. The largest absolute Gasteiger partial charge is 0.363 e. The molecule has 0 fully saturated rings. The third kappa shape index (κ3) is 3.96. The van der Waals surface area contributed by atoms with Crippen molar-refractivity contribution in [2.45, 2.75) is 23.8 Å². The molecule has 1 aliphatic carbocycles. The van der Waals surface area contributed by atoms with Crippen LogP contribution in [0.1, 0.15) is 23.6 Å². The summed E-state index contributed by atoms with van der Waals surface area (Å²) in [5.41, 5.74) is 3.87. The number of aryl methyl sites for hydroxylation is 1. The number of nitrogens with one attached hydrogen (secondary N) is 2. The summed E-state index contributed by atoms with van der Waals surface area (Å²) in [6.07, 6.45) is 2.09. The van der Waals surface area contributed by atoms with Crippen LogP contribution < -0.4 is 10.0 Å². The molecule has 3 aromatic carbocycles. The number of aromatic nitrogens is 1. The summed E-state index contributed by atoms with van der Waals surface area (Å²) >= 11 is 0. The summed E-state index contributed by atoms with van der Waals surface area (Å²) in [7, 11) is -3.80. The van der Waals surface area contributed by atoms with Crippen molar-refractivity contribution in [2.24, 2.45) is 0 Å². The van der Waals surface area contributed by atoms with Gasteiger partial charge >= 0.3 is 0 Å². The summed E-state index contributed by atoms with van der Waals surface area (Å²) in [5, 5.41) is 4.33. The predicted molar refractivity (Wildman–Crippen MR) is 120 cm³/mol. The normalized spacial score (nSPS) is 15.6. The fourth-order valence-electron chi connectivity index (χ4n) is 3.98. The van der Waals surface area contributed by atoms with E-state index in [1.54, 1.807) is 18.2 Å². The molecule has 1 unspecified atom stereocenters. The highest BCUT2D eigenvalue weighted by atomic mass is 32.2. The quantitative estimate of drug-likeness (QED) is 0.450. The maximum absolute atomic E-state index is 13.1. The van der Waals surface area contributed by atoms with Gasteiger partial charge in [0.15, 0.2) is 0 Å². The highest BCUT2D eigenvalue weighted by Crippen LogP contribution is 2.33. The van der Waals surface area contributed by atoms with Gasteiger partial charge in [0.2, 0.25) is 0 Å². The van der Waals surface area contributed by atoms with Gasteiger partial charge in [0, 0.05) is 11.1 Å². The van der Waals surface area contributed by atoms with Crippen LogP contribution in [0.5, 0.6) is 0 Å². The van der Waals surface area contributed by atoms with Crippen molar-refractivity contribution in [1.82, 2.24) is 4.98 Å². The molecule has 0 aliphatic heterocycles. The number of anilines is 2. The number of benzene rings is 3. The van der Waals surface area contributed by atoms with E-state index in [0.29, 0.717) is 5.69 Å². The average Bonchev–Trinajstić information content (AvgIpc) is 3.17. The maximum Gasteiger partial charge on any atom is 0.261 e. The van der Waals surface area contributed by atoms with Crippen LogP contribution in [0.15, 0.2) is 83.8 Å². The lowest BCUT2D eigenvalue weighted by atomic mass is 10.1. The van der Waals surface area contributed by atoms with Crippen LogP contribution in [0.25, 0.3) is 10.9 Å². The molecule has 4 aromatic rings. The zero-order chi connectivity index (χ0) is 21.4. The highest BCUT2D eigenvalue weighted by molar-refractivity contribution is 7.92. The topological polar surface area (TPSA) is 71.1 Å². The fraction of sp³-hybridized carbons (Fsp3) is 0.125. The molecule has 0 saturated heterocycles. The Morgan fingerprint density at radius 3 is 2.58 bits per heavy atom. The molecule has 1 heterocycles. The summed E-state index contributed by atoms with van der Waals surface area (Å²) in [6.45, 7) is 0. The second kappa shape index (κ2) is 7.67. The van der Waals surface area contributed by atoms with E-state index in [1.807, 2.05) is 12.1 Å². The molecule has 0 saturated carbocycles. The Morgan fingerprint density at radius 1 is 0.935 bits per heavy atom. The van der Waals surface area contributed by atoms with E-state index in [9.17, 15) is 12.8 Å². The van der Waals surface area contributed by atoms with Crippen LogP contribution in [-0.2, 0) is 16.4 Å². The first-order valence-electron chi connectivity index (χ1n) is 10.0. The summed E-state index contributed by atoms with van der Waals surface area (Å²) in [5.74, 6) is 0.301. The molecule has 1 aromatic heterocycles. The first kappa shape index (κ1) is 19.5. The molecule has 7 heteroatoms. The SMILES string of the molecule is O=S(=O)(Nc1ccc2nc(NC3CCc4ccccc43)ccc2c1)c1ccc(F)cc1. The van der Waals surface area contributed by atoms with Crippen molar-refractivity contribution in [3.63, 3.8) is 0 Å². The first-order valence-corrected chi connectivity index (χ1v) is 11.5. The van der Waals surface area contributed by atoms with Crippen LogP contribution in [0, 0.1) is 5.82 Å². The molecule has 0 amide bonds.